The molecule has 0 fully saturated rings. The predicted octanol–water partition coefficient (Wildman–Crippen LogP) is 4.83. The number of halogens is 1. The fourth-order valence-electron chi connectivity index (χ4n) is 2.83. The van der Waals surface area contributed by atoms with E-state index < -0.39 is 0 Å². The van der Waals surface area contributed by atoms with Gasteiger partial charge in [0.25, 0.3) is 0 Å². The van der Waals surface area contributed by atoms with Crippen molar-refractivity contribution in [2.45, 2.75) is 31.7 Å². The first-order valence-corrected chi connectivity index (χ1v) is 10.8. The Balaban J connectivity index is 1.61. The van der Waals surface area contributed by atoms with Gasteiger partial charge in [-0.05, 0) is 44.2 Å². The lowest BCUT2D eigenvalue weighted by Gasteiger charge is -2.15. The standard InChI is InChI=1S/C21H23ClN4O3S/c1-4-26-20(14(2)29-16-8-6-5-7-9-16)24-25-21(26)30-13-19(27)23-15-10-11-18(28-3)17(22)12-15/h5-12,14H,4,13H2,1-3H3,(H,23,27)/t14-/m0/s1. The molecule has 0 aliphatic carbocycles. The zero-order valence-electron chi connectivity index (χ0n) is 17.0. The van der Waals surface area contributed by atoms with Crippen LogP contribution in [-0.4, -0.2) is 33.5 Å². The molecule has 1 amide bonds. The normalized spacial score (nSPS) is 11.7. The topological polar surface area (TPSA) is 78.3 Å². The number of ether oxygens (including phenoxy) is 2. The Morgan fingerprint density at radius 3 is 2.67 bits per heavy atom. The van der Waals surface area contributed by atoms with Crippen molar-refractivity contribution in [1.82, 2.24) is 14.8 Å². The van der Waals surface area contributed by atoms with Gasteiger partial charge in [0.2, 0.25) is 5.91 Å². The van der Waals surface area contributed by atoms with Crippen LogP contribution in [0.4, 0.5) is 5.69 Å². The second-order valence-corrected chi connectivity index (χ2v) is 7.69. The van der Waals surface area contributed by atoms with E-state index in [1.807, 2.05) is 48.7 Å². The number of hydrogen-bond donors (Lipinski definition) is 1. The van der Waals surface area contributed by atoms with Crippen LogP contribution in [0.1, 0.15) is 25.8 Å². The minimum atomic E-state index is -0.274. The fourth-order valence-corrected chi connectivity index (χ4v) is 3.90. The van der Waals surface area contributed by atoms with Crippen molar-refractivity contribution in [1.29, 1.82) is 0 Å². The van der Waals surface area contributed by atoms with Gasteiger partial charge in [0.05, 0.1) is 17.9 Å². The number of methoxy groups -OCH3 is 1. The van der Waals surface area contributed by atoms with Crippen LogP contribution in [0.25, 0.3) is 0 Å². The average Bonchev–Trinajstić information content (AvgIpc) is 3.16. The van der Waals surface area contributed by atoms with E-state index in [9.17, 15) is 4.79 Å². The van der Waals surface area contributed by atoms with Gasteiger partial charge in [0.15, 0.2) is 17.1 Å². The van der Waals surface area contributed by atoms with Crippen molar-refractivity contribution in [2.24, 2.45) is 0 Å². The minimum absolute atomic E-state index is 0.165. The Kier molecular flexibility index (Phi) is 7.59. The zero-order chi connectivity index (χ0) is 21.5. The van der Waals surface area contributed by atoms with E-state index in [1.165, 1.54) is 11.8 Å². The van der Waals surface area contributed by atoms with Crippen LogP contribution in [0.2, 0.25) is 5.02 Å². The summed E-state index contributed by atoms with van der Waals surface area (Å²) < 4.78 is 13.0. The molecule has 1 N–H and O–H groups in total. The van der Waals surface area contributed by atoms with Crippen LogP contribution in [0.3, 0.4) is 0 Å². The van der Waals surface area contributed by atoms with Crippen LogP contribution < -0.4 is 14.8 Å². The molecular weight excluding hydrogens is 424 g/mol. The van der Waals surface area contributed by atoms with Gasteiger partial charge in [-0.1, -0.05) is 41.6 Å². The molecule has 7 nitrogen and oxygen atoms in total. The molecule has 0 aliphatic heterocycles. The molecule has 9 heteroatoms. The number of aromatic nitrogens is 3. The Labute approximate surface area is 184 Å². The SMILES string of the molecule is CCn1c(SCC(=O)Nc2ccc(OC)c(Cl)c2)nnc1[C@H](C)Oc1ccccc1. The predicted molar refractivity (Wildman–Crippen MR) is 119 cm³/mol. The smallest absolute Gasteiger partial charge is 0.234 e. The third kappa shape index (κ3) is 5.46. The van der Waals surface area contributed by atoms with Gasteiger partial charge in [-0.25, -0.2) is 0 Å². The summed E-state index contributed by atoms with van der Waals surface area (Å²) in [6.45, 7) is 4.60. The Bertz CT molecular complexity index is 997. The number of benzene rings is 2. The van der Waals surface area contributed by atoms with Crippen molar-refractivity contribution < 1.29 is 14.3 Å². The maximum Gasteiger partial charge on any atom is 0.234 e. The first-order chi connectivity index (χ1) is 14.5. The molecule has 0 radical (unpaired) electrons. The van der Waals surface area contributed by atoms with E-state index in [0.717, 1.165) is 5.75 Å². The quantitative estimate of drug-likeness (QED) is 0.474. The summed E-state index contributed by atoms with van der Waals surface area (Å²) in [7, 11) is 1.54. The maximum atomic E-state index is 12.3. The van der Waals surface area contributed by atoms with Crippen LogP contribution in [0, 0.1) is 0 Å². The number of hydrogen-bond acceptors (Lipinski definition) is 6. The van der Waals surface area contributed by atoms with Crippen LogP contribution >= 0.6 is 23.4 Å². The first-order valence-electron chi connectivity index (χ1n) is 9.42. The lowest BCUT2D eigenvalue weighted by Crippen LogP contribution is -2.15. The van der Waals surface area contributed by atoms with Crippen molar-refractivity contribution >= 4 is 35.0 Å². The molecule has 1 aromatic heterocycles. The number of rotatable bonds is 9. The van der Waals surface area contributed by atoms with Gasteiger partial charge >= 0.3 is 0 Å². The first kappa shape index (κ1) is 22.0. The van der Waals surface area contributed by atoms with E-state index in [4.69, 9.17) is 21.1 Å². The molecule has 0 saturated carbocycles. The molecule has 1 heterocycles. The molecule has 158 valence electrons. The number of thioether (sulfide) groups is 1. The van der Waals surface area contributed by atoms with E-state index in [2.05, 4.69) is 15.5 Å². The summed E-state index contributed by atoms with van der Waals surface area (Å²) in [5.41, 5.74) is 0.605. The number of carbonyl (C=O) groups is 1. The average molecular weight is 447 g/mol. The maximum absolute atomic E-state index is 12.3. The second kappa shape index (κ2) is 10.4. The molecule has 0 bridgehead atoms. The number of anilines is 1. The van der Waals surface area contributed by atoms with Crippen molar-refractivity contribution in [2.75, 3.05) is 18.2 Å². The highest BCUT2D eigenvalue weighted by Gasteiger charge is 2.19. The van der Waals surface area contributed by atoms with E-state index in [1.54, 1.807) is 25.3 Å². The van der Waals surface area contributed by atoms with E-state index in [-0.39, 0.29) is 17.8 Å². The number of amides is 1. The molecule has 3 rings (SSSR count). The van der Waals surface area contributed by atoms with Gasteiger partial charge < -0.3 is 19.4 Å². The van der Waals surface area contributed by atoms with Crippen LogP contribution in [-0.2, 0) is 11.3 Å². The van der Waals surface area contributed by atoms with E-state index >= 15 is 0 Å². The second-order valence-electron chi connectivity index (χ2n) is 6.34. The molecule has 2 aromatic carbocycles. The Hall–Kier alpha value is -2.71. The van der Waals surface area contributed by atoms with Gasteiger partial charge in [-0.3, -0.25) is 4.79 Å². The third-order valence-electron chi connectivity index (χ3n) is 4.25. The van der Waals surface area contributed by atoms with Gasteiger partial charge in [-0.15, -0.1) is 10.2 Å². The Morgan fingerprint density at radius 2 is 2.00 bits per heavy atom. The summed E-state index contributed by atoms with van der Waals surface area (Å²) in [6, 6.07) is 14.7. The lowest BCUT2D eigenvalue weighted by atomic mass is 10.3. The number of carbonyl (C=O) groups excluding carboxylic acids is 1. The van der Waals surface area contributed by atoms with E-state index in [0.29, 0.717) is 34.0 Å². The highest BCUT2D eigenvalue weighted by Crippen LogP contribution is 2.28. The van der Waals surface area contributed by atoms with Crippen molar-refractivity contribution in [3.8, 4) is 11.5 Å². The molecule has 30 heavy (non-hydrogen) atoms. The molecule has 0 aliphatic rings. The monoisotopic (exact) mass is 446 g/mol. The van der Waals surface area contributed by atoms with Gasteiger partial charge in [0, 0.05) is 12.2 Å². The minimum Gasteiger partial charge on any atom is -0.495 e. The zero-order valence-corrected chi connectivity index (χ0v) is 18.5. The molecule has 0 spiro atoms. The highest BCUT2D eigenvalue weighted by molar-refractivity contribution is 7.99. The van der Waals surface area contributed by atoms with Crippen molar-refractivity contribution in [3.63, 3.8) is 0 Å². The molecule has 0 saturated heterocycles. The Morgan fingerprint density at radius 1 is 1.23 bits per heavy atom. The third-order valence-corrected chi connectivity index (χ3v) is 5.51. The highest BCUT2D eigenvalue weighted by atomic mass is 35.5. The number of para-hydroxylation sites is 1. The van der Waals surface area contributed by atoms with Gasteiger partial charge in [-0.2, -0.15) is 0 Å². The molecule has 3 aromatic rings. The summed E-state index contributed by atoms with van der Waals surface area (Å²) >= 11 is 7.42. The summed E-state index contributed by atoms with van der Waals surface area (Å²) in [6.07, 6.45) is -0.274. The lowest BCUT2D eigenvalue weighted by molar-refractivity contribution is -0.113. The largest absolute Gasteiger partial charge is 0.495 e. The van der Waals surface area contributed by atoms with Crippen LogP contribution in [0.5, 0.6) is 11.5 Å². The van der Waals surface area contributed by atoms with Gasteiger partial charge in [0.1, 0.15) is 11.5 Å². The summed E-state index contributed by atoms with van der Waals surface area (Å²) in [5.74, 6) is 2.06. The number of nitrogens with one attached hydrogen (secondary N) is 1. The fraction of sp³-hybridized carbons (Fsp3) is 0.286. The van der Waals surface area contributed by atoms with Crippen molar-refractivity contribution in [3.05, 3.63) is 59.4 Å². The van der Waals surface area contributed by atoms with Crippen LogP contribution in [0.15, 0.2) is 53.7 Å². The molecule has 0 unspecified atom stereocenters. The molecule has 1 atom stereocenters. The summed E-state index contributed by atoms with van der Waals surface area (Å²) in [4.78, 5) is 12.3. The number of nitrogens with zero attached hydrogens (tertiary/aromatic N) is 3. The molecular formula is C21H23ClN4O3S. The summed E-state index contributed by atoms with van der Waals surface area (Å²) in [5, 5.41) is 12.4.